The maximum absolute atomic E-state index is 2.48. The van der Waals surface area contributed by atoms with Crippen LogP contribution in [0.3, 0.4) is 0 Å². The molecule has 0 saturated heterocycles. The Morgan fingerprint density at radius 3 is 0.929 bits per heavy atom. The quantitative estimate of drug-likeness (QED) is 0.254. The van der Waals surface area contributed by atoms with Gasteiger partial charge in [-0.25, -0.2) is 0 Å². The Balaban J connectivity index is 0.000000364. The standard InChI is InChI=1S/C10H15.3HI.Ti/c1-6-7(2)9(4)10(5)8(6)3;;;;/h1-5H3;3*1H;/q;;;;+3/p-3. The van der Waals surface area contributed by atoms with E-state index in [2.05, 4.69) is 92.2 Å². The van der Waals surface area contributed by atoms with Crippen LogP contribution in [0.1, 0.15) is 34.6 Å². The van der Waals surface area contributed by atoms with E-state index in [0.29, 0.717) is 0 Å². The van der Waals surface area contributed by atoms with Crippen molar-refractivity contribution in [2.24, 2.45) is 0 Å². The third-order valence-electron chi connectivity index (χ3n) is 2.81. The SMILES string of the molecule is C[C]1C(C)=C(C)C(C)=C1C.[I][Ti]([I])[I]. The van der Waals surface area contributed by atoms with Crippen molar-refractivity contribution >= 4 is 57.6 Å². The molecule has 4 heteroatoms. The zero-order valence-electron chi connectivity index (χ0n) is 9.13. The predicted octanol–water partition coefficient (Wildman–Crippen LogP) is 5.92. The zero-order chi connectivity index (χ0) is 11.5. The van der Waals surface area contributed by atoms with E-state index in [4.69, 9.17) is 0 Å². The van der Waals surface area contributed by atoms with E-state index in [1.54, 1.807) is 0 Å². The molecule has 1 aliphatic carbocycles. The van der Waals surface area contributed by atoms with Crippen molar-refractivity contribution in [3.05, 3.63) is 28.2 Å². The maximum atomic E-state index is 2.48. The molecule has 0 heterocycles. The molecule has 14 heavy (non-hydrogen) atoms. The number of hydrogen-bond donors (Lipinski definition) is 0. The van der Waals surface area contributed by atoms with Crippen molar-refractivity contribution < 1.29 is 6.63 Å². The molecule has 80 valence electrons. The van der Waals surface area contributed by atoms with Crippen molar-refractivity contribution in [1.82, 2.24) is 0 Å². The fraction of sp³-hybridized carbons (Fsp3) is 0.500. The first-order valence-corrected chi connectivity index (χ1v) is 19.4. The molecule has 1 aliphatic rings. The molecule has 0 aromatic carbocycles. The van der Waals surface area contributed by atoms with Crippen LogP contribution in [0.4, 0.5) is 0 Å². The fourth-order valence-electron chi connectivity index (χ4n) is 1.41. The van der Waals surface area contributed by atoms with Crippen molar-refractivity contribution in [3.8, 4) is 0 Å². The zero-order valence-corrected chi connectivity index (χ0v) is 17.2. The second-order valence-electron chi connectivity index (χ2n) is 3.34. The second-order valence-corrected chi connectivity index (χ2v) is 42.9. The van der Waals surface area contributed by atoms with E-state index < -0.39 is 6.63 Å². The molecule has 0 aromatic rings. The molecule has 0 atom stereocenters. The molecule has 0 aliphatic heterocycles. The molecule has 0 N–H and O–H groups in total. The van der Waals surface area contributed by atoms with Gasteiger partial charge in [0.1, 0.15) is 0 Å². The first kappa shape index (κ1) is 16.4. The van der Waals surface area contributed by atoms with Gasteiger partial charge in [0.25, 0.3) is 0 Å². The van der Waals surface area contributed by atoms with Crippen molar-refractivity contribution in [3.63, 3.8) is 0 Å². The summed E-state index contributed by atoms with van der Waals surface area (Å²) in [7, 11) is 0. The topological polar surface area (TPSA) is 0 Å². The van der Waals surface area contributed by atoms with Crippen LogP contribution in [-0.4, -0.2) is 0 Å². The molecule has 1 rings (SSSR count). The van der Waals surface area contributed by atoms with Gasteiger partial charge in [-0.05, 0) is 38.8 Å². The molecule has 0 bridgehead atoms. The van der Waals surface area contributed by atoms with E-state index >= 15 is 0 Å². The van der Waals surface area contributed by atoms with Gasteiger partial charge in [0.2, 0.25) is 0 Å². The summed E-state index contributed by atoms with van der Waals surface area (Å²) < 4.78 is 0. The minimum absolute atomic E-state index is 0.423. The van der Waals surface area contributed by atoms with Crippen molar-refractivity contribution in [2.45, 2.75) is 34.6 Å². The Morgan fingerprint density at radius 1 is 0.643 bits per heavy atom. The summed E-state index contributed by atoms with van der Waals surface area (Å²) in [5, 5.41) is 0. The van der Waals surface area contributed by atoms with Crippen LogP contribution in [0.15, 0.2) is 22.3 Å². The summed E-state index contributed by atoms with van der Waals surface area (Å²) in [6.45, 7) is 10.6. The van der Waals surface area contributed by atoms with Gasteiger partial charge >= 0.3 is 64.2 Å². The Hall–Kier alpha value is 2.38. The third-order valence-corrected chi connectivity index (χ3v) is 2.81. The molecule has 0 fully saturated rings. The van der Waals surface area contributed by atoms with Gasteiger partial charge in [0.15, 0.2) is 0 Å². The number of rotatable bonds is 0. The number of allylic oxidation sites excluding steroid dienone is 4. The predicted molar refractivity (Wildman–Crippen MR) is 87.7 cm³/mol. The molecule has 0 aromatic heterocycles. The van der Waals surface area contributed by atoms with Crippen LogP contribution in [0, 0.1) is 5.92 Å². The van der Waals surface area contributed by atoms with Crippen molar-refractivity contribution in [1.29, 1.82) is 0 Å². The summed E-state index contributed by atoms with van der Waals surface area (Å²) in [6, 6.07) is 0. The molecular formula is C10H15I3Ti. The first-order chi connectivity index (χ1) is 6.29. The molecule has 1 radical (unpaired) electrons. The Morgan fingerprint density at radius 2 is 0.857 bits per heavy atom. The van der Waals surface area contributed by atoms with Crippen LogP contribution in [0.25, 0.3) is 0 Å². The van der Waals surface area contributed by atoms with Gasteiger partial charge in [-0.3, -0.25) is 0 Å². The van der Waals surface area contributed by atoms with Crippen LogP contribution < -0.4 is 0 Å². The van der Waals surface area contributed by atoms with E-state index in [1.165, 1.54) is 28.2 Å². The minimum atomic E-state index is -0.423. The van der Waals surface area contributed by atoms with E-state index in [1.807, 2.05) is 0 Å². The van der Waals surface area contributed by atoms with Gasteiger partial charge in [0, 0.05) is 5.92 Å². The summed E-state index contributed by atoms with van der Waals surface area (Å²) in [5.74, 6) is 1.47. The van der Waals surface area contributed by atoms with Gasteiger partial charge in [-0.15, -0.1) is 0 Å². The van der Waals surface area contributed by atoms with Gasteiger partial charge in [0.05, 0.1) is 0 Å². The Labute approximate surface area is 125 Å². The Kier molecular flexibility index (Phi) is 8.97. The second kappa shape index (κ2) is 7.66. The Bertz CT molecular complexity index is 240. The number of hydrogen-bond acceptors (Lipinski definition) is 0. The van der Waals surface area contributed by atoms with E-state index in [9.17, 15) is 0 Å². The van der Waals surface area contributed by atoms with Crippen LogP contribution in [0.5, 0.6) is 0 Å². The molecular weight excluding hydrogens is 549 g/mol. The summed E-state index contributed by atoms with van der Waals surface area (Å²) in [6.07, 6.45) is 0. The van der Waals surface area contributed by atoms with Crippen LogP contribution in [0.2, 0.25) is 0 Å². The van der Waals surface area contributed by atoms with Gasteiger partial charge in [-0.2, -0.15) is 0 Å². The molecule has 0 spiro atoms. The monoisotopic (exact) mass is 564 g/mol. The first-order valence-electron chi connectivity index (χ1n) is 4.32. The van der Waals surface area contributed by atoms with Crippen LogP contribution >= 0.6 is 57.6 Å². The van der Waals surface area contributed by atoms with Crippen molar-refractivity contribution in [2.75, 3.05) is 0 Å². The summed E-state index contributed by atoms with van der Waals surface area (Å²) in [5.41, 5.74) is 5.87. The van der Waals surface area contributed by atoms with Gasteiger partial charge in [-0.1, -0.05) is 18.1 Å². The van der Waals surface area contributed by atoms with Gasteiger partial charge < -0.3 is 0 Å². The molecule has 0 amide bonds. The third kappa shape index (κ3) is 5.14. The fourth-order valence-corrected chi connectivity index (χ4v) is 1.41. The summed E-state index contributed by atoms with van der Waals surface area (Å²) in [4.78, 5) is 0. The molecule has 0 unspecified atom stereocenters. The molecule has 0 nitrogen and oxygen atoms in total. The average molecular weight is 564 g/mol. The number of halogens is 3. The van der Waals surface area contributed by atoms with Crippen LogP contribution in [-0.2, 0) is 6.63 Å². The van der Waals surface area contributed by atoms with E-state index in [-0.39, 0.29) is 0 Å². The normalized spacial score (nSPS) is 17.1. The van der Waals surface area contributed by atoms with E-state index in [0.717, 1.165) is 0 Å². The average Bonchev–Trinajstić information content (AvgIpc) is 2.23. The molecule has 0 saturated carbocycles. The summed E-state index contributed by atoms with van der Waals surface area (Å²) >= 11 is 7.45.